The van der Waals surface area contributed by atoms with Gasteiger partial charge in [0.1, 0.15) is 23.9 Å². The van der Waals surface area contributed by atoms with Crippen molar-refractivity contribution in [1.82, 2.24) is 15.1 Å². The second kappa shape index (κ2) is 14.1. The lowest BCUT2D eigenvalue weighted by Crippen LogP contribution is -2.59. The molecule has 11 heteroatoms. The molecule has 9 rings (SSSR count). The van der Waals surface area contributed by atoms with E-state index in [2.05, 4.69) is 50.3 Å². The molecular formula is C43H51N5O6. The Labute approximate surface area is 317 Å². The smallest absolute Gasteiger partial charge is 0.254 e. The van der Waals surface area contributed by atoms with E-state index in [4.69, 9.17) is 9.47 Å². The molecule has 5 aliphatic heterocycles. The molecule has 3 atom stereocenters. The molecule has 11 nitrogen and oxygen atoms in total. The molecular weight excluding hydrogens is 683 g/mol. The normalized spacial score (nSPS) is 23.6. The van der Waals surface area contributed by atoms with E-state index in [-0.39, 0.29) is 30.0 Å². The van der Waals surface area contributed by atoms with E-state index in [1.807, 2.05) is 24.0 Å². The van der Waals surface area contributed by atoms with Crippen LogP contribution in [0, 0.1) is 11.3 Å². The number of benzene rings is 3. The standard InChI is InChI=1S/C43H51N5O6/c1-28(2-11-40(51)44-27-49)48-25-37-36(42(48)52)9-10-38-41(37)54-26-32-24-45(17-18-47(32)38)23-29-21-43(22-29)13-15-46(16-14-43)31-5-3-30(4-6-31)34-12-19-53-39-20-33(50)7-8-35(34)39/h3-10,20,27-29,32,34,50H,2,11-19,21-26H2,1H3,(H,44,49,51)/t28-,32?,34+/m0/s1. The van der Waals surface area contributed by atoms with Crippen LogP contribution in [0.3, 0.4) is 0 Å². The van der Waals surface area contributed by atoms with E-state index in [1.165, 1.54) is 36.9 Å². The van der Waals surface area contributed by atoms with Crippen molar-refractivity contribution < 1.29 is 29.0 Å². The number of nitrogens with zero attached hydrogens (tertiary/aromatic N) is 4. The number of anilines is 2. The molecule has 1 aliphatic carbocycles. The lowest BCUT2D eigenvalue weighted by Gasteiger charge is -2.54. The first-order valence-electron chi connectivity index (χ1n) is 19.9. The predicted octanol–water partition coefficient (Wildman–Crippen LogP) is 5.28. The summed E-state index contributed by atoms with van der Waals surface area (Å²) in [6.45, 7) is 10.1. The van der Waals surface area contributed by atoms with Gasteiger partial charge in [-0.05, 0) is 92.7 Å². The molecule has 1 unspecified atom stereocenters. The summed E-state index contributed by atoms with van der Waals surface area (Å²) in [6, 6.07) is 18.8. The number of hydrogen-bond acceptors (Lipinski definition) is 9. The highest BCUT2D eigenvalue weighted by molar-refractivity contribution is 6.00. The number of ether oxygens (including phenoxy) is 2. The number of rotatable bonds is 9. The van der Waals surface area contributed by atoms with Gasteiger partial charge in [0.2, 0.25) is 12.3 Å². The van der Waals surface area contributed by atoms with Crippen LogP contribution in [-0.4, -0.2) is 97.7 Å². The lowest BCUT2D eigenvalue weighted by molar-refractivity contribution is -0.125. The third-order valence-corrected chi connectivity index (χ3v) is 13.4. The third-order valence-electron chi connectivity index (χ3n) is 13.4. The molecule has 1 saturated carbocycles. The van der Waals surface area contributed by atoms with Crippen molar-refractivity contribution in [2.75, 3.05) is 62.3 Å². The zero-order valence-electron chi connectivity index (χ0n) is 31.2. The minimum atomic E-state index is -0.328. The molecule has 3 amide bonds. The minimum Gasteiger partial charge on any atom is -0.508 e. The molecule has 2 N–H and O–H groups in total. The number of aromatic hydroxyl groups is 1. The number of hydrogen-bond donors (Lipinski definition) is 2. The summed E-state index contributed by atoms with van der Waals surface area (Å²) in [5.74, 6) is 2.59. The van der Waals surface area contributed by atoms with Crippen LogP contribution in [0.15, 0.2) is 54.6 Å². The van der Waals surface area contributed by atoms with Crippen LogP contribution in [0.4, 0.5) is 11.4 Å². The Morgan fingerprint density at radius 1 is 1.04 bits per heavy atom. The first kappa shape index (κ1) is 35.0. The van der Waals surface area contributed by atoms with E-state index in [0.29, 0.717) is 55.5 Å². The molecule has 284 valence electrons. The van der Waals surface area contributed by atoms with Crippen LogP contribution in [0.2, 0.25) is 0 Å². The Kier molecular flexibility index (Phi) is 9.15. The van der Waals surface area contributed by atoms with Gasteiger partial charge in [-0.1, -0.05) is 18.2 Å². The summed E-state index contributed by atoms with van der Waals surface area (Å²) in [6.07, 6.45) is 7.23. The number of phenolic OH excluding ortho intramolecular Hbond substituents is 1. The van der Waals surface area contributed by atoms with E-state index in [9.17, 15) is 19.5 Å². The zero-order chi connectivity index (χ0) is 37.0. The largest absolute Gasteiger partial charge is 0.508 e. The Balaban J connectivity index is 0.749. The second-order valence-electron chi connectivity index (χ2n) is 16.6. The third kappa shape index (κ3) is 6.44. The Bertz CT molecular complexity index is 1920. The van der Waals surface area contributed by atoms with Gasteiger partial charge < -0.3 is 29.3 Å². The summed E-state index contributed by atoms with van der Waals surface area (Å²) in [5.41, 5.74) is 7.02. The lowest BCUT2D eigenvalue weighted by atomic mass is 9.57. The van der Waals surface area contributed by atoms with Crippen LogP contribution in [0.5, 0.6) is 17.2 Å². The quantitative estimate of drug-likeness (QED) is 0.284. The highest BCUT2D eigenvalue weighted by atomic mass is 16.5. The van der Waals surface area contributed by atoms with Gasteiger partial charge >= 0.3 is 0 Å². The maximum absolute atomic E-state index is 13.3. The first-order valence-corrected chi connectivity index (χ1v) is 19.9. The average molecular weight is 734 g/mol. The number of nitrogens with one attached hydrogen (secondary N) is 1. The number of carbonyl (C=O) groups excluding carboxylic acids is 3. The number of carbonyl (C=O) groups is 3. The van der Waals surface area contributed by atoms with Crippen molar-refractivity contribution in [1.29, 1.82) is 0 Å². The van der Waals surface area contributed by atoms with Gasteiger partial charge in [-0.3, -0.25) is 24.6 Å². The topological polar surface area (TPSA) is 115 Å². The fourth-order valence-electron chi connectivity index (χ4n) is 10.4. The monoisotopic (exact) mass is 733 g/mol. The van der Waals surface area contributed by atoms with Crippen molar-refractivity contribution in [3.63, 3.8) is 0 Å². The second-order valence-corrected chi connectivity index (χ2v) is 16.6. The maximum Gasteiger partial charge on any atom is 0.254 e. The highest BCUT2D eigenvalue weighted by Crippen LogP contribution is 2.53. The molecule has 0 radical (unpaired) electrons. The van der Waals surface area contributed by atoms with Crippen molar-refractivity contribution in [2.24, 2.45) is 11.3 Å². The van der Waals surface area contributed by atoms with E-state index in [0.717, 1.165) is 79.9 Å². The van der Waals surface area contributed by atoms with Crippen LogP contribution in [-0.2, 0) is 16.1 Å². The molecule has 54 heavy (non-hydrogen) atoms. The number of fused-ring (bicyclic) bond motifs is 6. The van der Waals surface area contributed by atoms with Gasteiger partial charge in [0.15, 0.2) is 0 Å². The molecule has 5 heterocycles. The van der Waals surface area contributed by atoms with Crippen LogP contribution in [0.25, 0.3) is 0 Å². The zero-order valence-corrected chi connectivity index (χ0v) is 31.2. The van der Waals surface area contributed by atoms with Crippen molar-refractivity contribution >= 4 is 29.6 Å². The molecule has 6 aliphatic rings. The number of phenols is 1. The van der Waals surface area contributed by atoms with Gasteiger partial charge in [-0.2, -0.15) is 0 Å². The summed E-state index contributed by atoms with van der Waals surface area (Å²) in [4.78, 5) is 45.3. The van der Waals surface area contributed by atoms with E-state index < -0.39 is 0 Å². The molecule has 3 aromatic carbocycles. The van der Waals surface area contributed by atoms with Crippen molar-refractivity contribution in [2.45, 2.75) is 76.4 Å². The van der Waals surface area contributed by atoms with Crippen LogP contribution < -0.4 is 24.6 Å². The summed E-state index contributed by atoms with van der Waals surface area (Å²) < 4.78 is 12.3. The summed E-state index contributed by atoms with van der Waals surface area (Å²) >= 11 is 0. The van der Waals surface area contributed by atoms with Crippen LogP contribution in [0.1, 0.15) is 84.8 Å². The fraction of sp³-hybridized carbons (Fsp3) is 0.512. The van der Waals surface area contributed by atoms with Crippen molar-refractivity contribution in [3.8, 4) is 17.2 Å². The number of piperazine rings is 1. The van der Waals surface area contributed by atoms with E-state index >= 15 is 0 Å². The fourth-order valence-corrected chi connectivity index (χ4v) is 10.4. The Morgan fingerprint density at radius 3 is 2.65 bits per heavy atom. The Morgan fingerprint density at radius 2 is 1.85 bits per heavy atom. The molecule has 1 spiro atoms. The molecule has 0 aromatic heterocycles. The maximum atomic E-state index is 13.3. The molecule has 2 saturated heterocycles. The van der Waals surface area contributed by atoms with E-state index in [1.54, 1.807) is 12.1 Å². The van der Waals surface area contributed by atoms with Gasteiger partial charge in [0.05, 0.1) is 24.9 Å². The SMILES string of the molecule is C[C@@H](CCC(=O)NC=O)N1Cc2c(ccc3c2OCC2CN(CC4CC5(CCN(c6ccc([C@H]7CCOc8cc(O)ccc87)cc6)CC5)C4)CCN32)C1=O. The summed E-state index contributed by atoms with van der Waals surface area (Å²) in [7, 11) is 0. The molecule has 3 aromatic rings. The Hall–Kier alpha value is -4.77. The molecule has 3 fully saturated rings. The number of piperidine rings is 1. The highest BCUT2D eigenvalue weighted by Gasteiger charge is 2.47. The number of imide groups is 1. The van der Waals surface area contributed by atoms with Gasteiger partial charge in [-0.25, -0.2) is 0 Å². The van der Waals surface area contributed by atoms with Gasteiger partial charge in [0, 0.05) is 86.1 Å². The van der Waals surface area contributed by atoms with Gasteiger partial charge in [-0.15, -0.1) is 0 Å². The predicted molar refractivity (Wildman–Crippen MR) is 205 cm³/mol. The van der Waals surface area contributed by atoms with Gasteiger partial charge in [0.25, 0.3) is 5.91 Å². The number of amides is 3. The van der Waals surface area contributed by atoms with Crippen LogP contribution >= 0.6 is 0 Å². The first-order chi connectivity index (χ1) is 26.3. The molecule has 0 bridgehead atoms. The minimum absolute atomic E-state index is 0.0224. The summed E-state index contributed by atoms with van der Waals surface area (Å²) in [5, 5.41) is 12.1. The van der Waals surface area contributed by atoms with Crippen molar-refractivity contribution in [3.05, 3.63) is 76.9 Å². The average Bonchev–Trinajstić information content (AvgIpc) is 3.52.